The Hall–Kier alpha value is -0.960. The zero-order valence-corrected chi connectivity index (χ0v) is 8.60. The van der Waals surface area contributed by atoms with Crippen molar-refractivity contribution in [2.24, 2.45) is 0 Å². The van der Waals surface area contributed by atoms with Crippen LogP contribution in [0.15, 0.2) is 24.3 Å². The number of piperidine rings is 1. The molecule has 0 aliphatic carbocycles. The van der Waals surface area contributed by atoms with Crippen molar-refractivity contribution in [1.29, 1.82) is 0 Å². The van der Waals surface area contributed by atoms with E-state index in [2.05, 4.69) is 5.32 Å². The molecular formula is C12H15F2N. The second-order valence-corrected chi connectivity index (χ2v) is 4.20. The maximum Gasteiger partial charge on any atom is 0.123 e. The SMILES string of the molecule is Fc1ccc(CC2(F)CCNCC2)cc1. The third-order valence-corrected chi connectivity index (χ3v) is 2.93. The molecule has 0 bridgehead atoms. The quantitative estimate of drug-likeness (QED) is 0.792. The van der Waals surface area contributed by atoms with Crippen molar-refractivity contribution in [2.45, 2.75) is 24.9 Å². The Labute approximate surface area is 88.5 Å². The molecule has 1 aliphatic rings. The third kappa shape index (κ3) is 2.75. The van der Waals surface area contributed by atoms with Gasteiger partial charge in [-0.05, 0) is 43.6 Å². The second kappa shape index (κ2) is 4.27. The van der Waals surface area contributed by atoms with Crippen LogP contribution >= 0.6 is 0 Å². The Morgan fingerprint density at radius 2 is 1.73 bits per heavy atom. The van der Waals surface area contributed by atoms with E-state index in [0.29, 0.717) is 19.3 Å². The van der Waals surface area contributed by atoms with Crippen molar-refractivity contribution >= 4 is 0 Å². The van der Waals surface area contributed by atoms with Crippen molar-refractivity contribution in [2.75, 3.05) is 13.1 Å². The van der Waals surface area contributed by atoms with Crippen LogP contribution in [0.5, 0.6) is 0 Å². The Kier molecular flexibility index (Phi) is 3.00. The molecule has 0 saturated carbocycles. The van der Waals surface area contributed by atoms with Gasteiger partial charge in [0, 0.05) is 6.42 Å². The number of nitrogens with one attached hydrogen (secondary N) is 1. The number of benzene rings is 1. The highest BCUT2D eigenvalue weighted by Crippen LogP contribution is 2.27. The van der Waals surface area contributed by atoms with Gasteiger partial charge in [-0.1, -0.05) is 12.1 Å². The van der Waals surface area contributed by atoms with Gasteiger partial charge in [-0.2, -0.15) is 0 Å². The molecule has 1 aromatic rings. The first-order valence-electron chi connectivity index (χ1n) is 5.32. The number of hydrogen-bond acceptors (Lipinski definition) is 1. The van der Waals surface area contributed by atoms with Gasteiger partial charge in [0.05, 0.1) is 0 Å². The molecule has 0 unspecified atom stereocenters. The first kappa shape index (κ1) is 10.6. The summed E-state index contributed by atoms with van der Waals surface area (Å²) in [5.74, 6) is -0.267. The zero-order chi connectivity index (χ0) is 10.7. The Balaban J connectivity index is 2.03. The summed E-state index contributed by atoms with van der Waals surface area (Å²) in [6.07, 6.45) is 1.49. The summed E-state index contributed by atoms with van der Waals surface area (Å²) in [5, 5.41) is 3.13. The predicted octanol–water partition coefficient (Wildman–Crippen LogP) is 2.46. The van der Waals surface area contributed by atoms with Crippen LogP contribution in [0.1, 0.15) is 18.4 Å². The van der Waals surface area contributed by atoms with Gasteiger partial charge in [0.25, 0.3) is 0 Å². The van der Waals surface area contributed by atoms with Crippen molar-refractivity contribution in [3.8, 4) is 0 Å². The fourth-order valence-corrected chi connectivity index (χ4v) is 2.02. The van der Waals surface area contributed by atoms with Gasteiger partial charge in [-0.25, -0.2) is 8.78 Å². The van der Waals surface area contributed by atoms with Crippen LogP contribution in [0.3, 0.4) is 0 Å². The molecule has 1 aromatic carbocycles. The zero-order valence-electron chi connectivity index (χ0n) is 8.60. The molecule has 1 fully saturated rings. The first-order valence-corrected chi connectivity index (χ1v) is 5.32. The second-order valence-electron chi connectivity index (χ2n) is 4.20. The first-order chi connectivity index (χ1) is 7.18. The highest BCUT2D eigenvalue weighted by molar-refractivity contribution is 5.18. The van der Waals surface area contributed by atoms with Crippen molar-refractivity contribution in [3.05, 3.63) is 35.6 Å². The van der Waals surface area contributed by atoms with Gasteiger partial charge in [-0.15, -0.1) is 0 Å². The Morgan fingerprint density at radius 3 is 2.33 bits per heavy atom. The number of halogens is 2. The van der Waals surface area contributed by atoms with Gasteiger partial charge in [-0.3, -0.25) is 0 Å². The molecule has 0 amide bonds. The molecule has 15 heavy (non-hydrogen) atoms. The smallest absolute Gasteiger partial charge is 0.123 e. The Morgan fingerprint density at radius 1 is 1.13 bits per heavy atom. The van der Waals surface area contributed by atoms with E-state index in [1.807, 2.05) is 0 Å². The van der Waals surface area contributed by atoms with Gasteiger partial charge in [0.1, 0.15) is 11.5 Å². The normalized spacial score (nSPS) is 20.1. The summed E-state index contributed by atoms with van der Waals surface area (Å²) >= 11 is 0. The largest absolute Gasteiger partial charge is 0.316 e. The number of hydrogen-bond donors (Lipinski definition) is 1. The molecule has 0 spiro atoms. The van der Waals surface area contributed by atoms with Crippen LogP contribution in [0, 0.1) is 5.82 Å². The molecule has 1 heterocycles. The van der Waals surface area contributed by atoms with Gasteiger partial charge in [0.2, 0.25) is 0 Å². The highest BCUT2D eigenvalue weighted by atomic mass is 19.1. The van der Waals surface area contributed by atoms with E-state index in [-0.39, 0.29) is 5.82 Å². The summed E-state index contributed by atoms with van der Waals surface area (Å²) in [5.41, 5.74) is -0.232. The monoisotopic (exact) mass is 211 g/mol. The summed E-state index contributed by atoms with van der Waals surface area (Å²) in [6, 6.07) is 6.11. The molecule has 2 rings (SSSR count). The minimum atomic E-state index is -1.11. The third-order valence-electron chi connectivity index (χ3n) is 2.93. The highest BCUT2D eigenvalue weighted by Gasteiger charge is 2.31. The van der Waals surface area contributed by atoms with E-state index >= 15 is 0 Å². The van der Waals surface area contributed by atoms with E-state index in [4.69, 9.17) is 0 Å². The fraction of sp³-hybridized carbons (Fsp3) is 0.500. The Bertz CT molecular complexity index is 315. The van der Waals surface area contributed by atoms with E-state index in [9.17, 15) is 8.78 Å². The summed E-state index contributed by atoms with van der Waals surface area (Å²) in [7, 11) is 0. The van der Waals surface area contributed by atoms with E-state index in [1.54, 1.807) is 12.1 Å². The summed E-state index contributed by atoms with van der Waals surface area (Å²) in [6.45, 7) is 1.47. The predicted molar refractivity (Wildman–Crippen MR) is 56.0 cm³/mol. The number of alkyl halides is 1. The average Bonchev–Trinajstić information content (AvgIpc) is 2.22. The topological polar surface area (TPSA) is 12.0 Å². The average molecular weight is 211 g/mol. The molecule has 0 atom stereocenters. The molecule has 1 N–H and O–H groups in total. The van der Waals surface area contributed by atoms with E-state index < -0.39 is 5.67 Å². The lowest BCUT2D eigenvalue weighted by atomic mass is 9.88. The number of rotatable bonds is 2. The molecule has 3 heteroatoms. The van der Waals surface area contributed by atoms with Crippen LogP contribution in [-0.2, 0) is 6.42 Å². The molecule has 1 aliphatic heterocycles. The molecule has 0 aromatic heterocycles. The van der Waals surface area contributed by atoms with E-state index in [1.165, 1.54) is 12.1 Å². The van der Waals surface area contributed by atoms with Crippen LogP contribution in [0.2, 0.25) is 0 Å². The van der Waals surface area contributed by atoms with Crippen molar-refractivity contribution in [1.82, 2.24) is 5.32 Å². The van der Waals surface area contributed by atoms with Gasteiger partial charge < -0.3 is 5.32 Å². The molecule has 1 saturated heterocycles. The van der Waals surface area contributed by atoms with Gasteiger partial charge in [0.15, 0.2) is 0 Å². The lowest BCUT2D eigenvalue weighted by Crippen LogP contribution is -2.40. The summed E-state index contributed by atoms with van der Waals surface area (Å²) < 4.78 is 26.9. The molecule has 82 valence electrons. The fourth-order valence-electron chi connectivity index (χ4n) is 2.02. The van der Waals surface area contributed by atoms with Crippen LogP contribution in [0.4, 0.5) is 8.78 Å². The maximum absolute atomic E-state index is 14.2. The van der Waals surface area contributed by atoms with Crippen LogP contribution in [-0.4, -0.2) is 18.8 Å². The van der Waals surface area contributed by atoms with Crippen molar-refractivity contribution in [3.63, 3.8) is 0 Å². The van der Waals surface area contributed by atoms with Gasteiger partial charge >= 0.3 is 0 Å². The van der Waals surface area contributed by atoms with Crippen LogP contribution in [0.25, 0.3) is 0 Å². The minimum Gasteiger partial charge on any atom is -0.316 e. The minimum absolute atomic E-state index is 0.267. The lowest BCUT2D eigenvalue weighted by Gasteiger charge is -2.30. The van der Waals surface area contributed by atoms with E-state index in [0.717, 1.165) is 18.7 Å². The standard InChI is InChI=1S/C12H15F2N/c13-11-3-1-10(2-4-11)9-12(14)5-7-15-8-6-12/h1-4,15H,5-9H2. The lowest BCUT2D eigenvalue weighted by molar-refractivity contribution is 0.116. The molecule has 1 nitrogen and oxygen atoms in total. The molecule has 0 radical (unpaired) electrons. The van der Waals surface area contributed by atoms with Crippen molar-refractivity contribution < 1.29 is 8.78 Å². The van der Waals surface area contributed by atoms with Crippen LogP contribution < -0.4 is 5.32 Å². The molecular weight excluding hydrogens is 196 g/mol. The maximum atomic E-state index is 14.2. The summed E-state index contributed by atoms with van der Waals surface area (Å²) in [4.78, 5) is 0.